The van der Waals surface area contributed by atoms with Crippen LogP contribution in [0.4, 0.5) is 0 Å². The first-order valence-electron chi connectivity index (χ1n) is 23.0. The van der Waals surface area contributed by atoms with Crippen LogP contribution in [0.15, 0.2) is 231 Å². The lowest BCUT2D eigenvalue weighted by Crippen LogP contribution is -2.27. The van der Waals surface area contributed by atoms with Gasteiger partial charge in [-0.15, -0.1) is 0 Å². The average molecular weight is 869 g/mol. The molecule has 2 atom stereocenters. The van der Waals surface area contributed by atoms with E-state index in [2.05, 4.69) is 157 Å². The molecule has 0 radical (unpaired) electrons. The summed E-state index contributed by atoms with van der Waals surface area (Å²) in [6.45, 7) is 0. The lowest BCUT2D eigenvalue weighted by Gasteiger charge is -2.42. The van der Waals surface area contributed by atoms with Crippen LogP contribution in [0.25, 0.3) is 90.3 Å². The van der Waals surface area contributed by atoms with Crippen molar-refractivity contribution in [3.05, 3.63) is 264 Å². The number of pyridine rings is 1. The van der Waals surface area contributed by atoms with Crippen molar-refractivity contribution in [3.63, 3.8) is 0 Å². The largest absolute Gasteiger partial charge is 0.265 e. The van der Waals surface area contributed by atoms with Crippen molar-refractivity contribution in [1.82, 2.24) is 29.9 Å². The van der Waals surface area contributed by atoms with Gasteiger partial charge in [-0.05, 0) is 86.0 Å². The monoisotopic (exact) mass is 868 g/mol. The smallest absolute Gasteiger partial charge is 0.164 e. The zero-order valence-electron chi connectivity index (χ0n) is 36.8. The summed E-state index contributed by atoms with van der Waals surface area (Å²) in [6, 6.07) is 77.0. The van der Waals surface area contributed by atoms with Crippen molar-refractivity contribution < 1.29 is 0 Å². The highest BCUT2D eigenvalue weighted by molar-refractivity contribution is 5.79. The summed E-state index contributed by atoms with van der Waals surface area (Å²) >= 11 is 0. The van der Waals surface area contributed by atoms with E-state index in [0.29, 0.717) is 23.3 Å². The molecule has 3 aliphatic rings. The van der Waals surface area contributed by atoms with Gasteiger partial charge in [0.05, 0.1) is 11.4 Å². The molecule has 6 nitrogen and oxygen atoms in total. The Bertz CT molecular complexity index is 3600. The standard InChI is InChI=1S/C62H40N6/c1-4-12-44(13-5-1)59-64-55(42-24-20-39(21-25-42)41-32-34-63-35-33-41)38-56(65-59)43-26-22-40(23-27-43)47-28-30-51-53(36-47)57-49-18-10-11-19-50(49)58(51)54-37-48(29-31-52(54)57)62-67-60(45-14-6-2-7-15-45)66-61(68-62)46-16-8-3-9-17-46/h1-38,57-58H. The van der Waals surface area contributed by atoms with Crippen LogP contribution in [0.2, 0.25) is 0 Å². The van der Waals surface area contributed by atoms with Crippen LogP contribution in [0.5, 0.6) is 0 Å². The van der Waals surface area contributed by atoms with E-state index in [1.807, 2.05) is 79.1 Å². The summed E-state index contributed by atoms with van der Waals surface area (Å²) in [7, 11) is 0. The van der Waals surface area contributed by atoms with E-state index >= 15 is 0 Å². The van der Waals surface area contributed by atoms with Crippen LogP contribution in [0.1, 0.15) is 45.2 Å². The third kappa shape index (κ3) is 6.98. The highest BCUT2D eigenvalue weighted by Gasteiger charge is 2.41. The molecule has 0 amide bonds. The van der Waals surface area contributed by atoms with Crippen LogP contribution in [0, 0.1) is 0 Å². The van der Waals surface area contributed by atoms with E-state index in [1.54, 1.807) is 0 Å². The zero-order valence-corrected chi connectivity index (χ0v) is 36.8. The molecular weight excluding hydrogens is 829 g/mol. The van der Waals surface area contributed by atoms with Crippen molar-refractivity contribution in [1.29, 1.82) is 0 Å². The maximum Gasteiger partial charge on any atom is 0.164 e. The molecule has 0 N–H and O–H groups in total. The van der Waals surface area contributed by atoms with Gasteiger partial charge in [0.2, 0.25) is 0 Å². The van der Waals surface area contributed by atoms with Gasteiger partial charge in [-0.3, -0.25) is 4.98 Å². The van der Waals surface area contributed by atoms with Crippen LogP contribution < -0.4 is 0 Å². The highest BCUT2D eigenvalue weighted by Crippen LogP contribution is 2.56. The summed E-state index contributed by atoms with van der Waals surface area (Å²) in [4.78, 5) is 29.5. The van der Waals surface area contributed by atoms with Crippen molar-refractivity contribution in [2.24, 2.45) is 0 Å². The molecule has 68 heavy (non-hydrogen) atoms. The molecule has 0 saturated heterocycles. The minimum absolute atomic E-state index is 0.0826. The maximum atomic E-state index is 5.13. The number of hydrogen-bond donors (Lipinski definition) is 0. The van der Waals surface area contributed by atoms with Gasteiger partial charge < -0.3 is 0 Å². The third-order valence-electron chi connectivity index (χ3n) is 13.5. The van der Waals surface area contributed by atoms with Gasteiger partial charge >= 0.3 is 0 Å². The molecule has 3 aliphatic carbocycles. The van der Waals surface area contributed by atoms with Gasteiger partial charge in [-0.25, -0.2) is 24.9 Å². The Balaban J connectivity index is 0.851. The maximum absolute atomic E-state index is 5.13. The molecule has 8 aromatic carbocycles. The van der Waals surface area contributed by atoms with E-state index in [4.69, 9.17) is 24.9 Å². The highest BCUT2D eigenvalue weighted by atomic mass is 15.0. The van der Waals surface area contributed by atoms with Gasteiger partial charge in [-0.1, -0.05) is 188 Å². The van der Waals surface area contributed by atoms with E-state index in [1.165, 1.54) is 38.9 Å². The Morgan fingerprint density at radius 2 is 0.559 bits per heavy atom. The summed E-state index contributed by atoms with van der Waals surface area (Å²) < 4.78 is 0. The van der Waals surface area contributed by atoms with Crippen LogP contribution >= 0.6 is 0 Å². The predicted octanol–water partition coefficient (Wildman–Crippen LogP) is 14.4. The zero-order chi connectivity index (χ0) is 45.0. The number of aromatic nitrogens is 6. The van der Waals surface area contributed by atoms with Crippen molar-refractivity contribution in [3.8, 4) is 90.3 Å². The average Bonchev–Trinajstić information content (AvgIpc) is 3.43. The third-order valence-corrected chi connectivity index (χ3v) is 13.5. The number of benzene rings is 8. The van der Waals surface area contributed by atoms with Crippen molar-refractivity contribution >= 4 is 0 Å². The molecular formula is C62H40N6. The van der Waals surface area contributed by atoms with Crippen molar-refractivity contribution in [2.75, 3.05) is 0 Å². The fourth-order valence-corrected chi connectivity index (χ4v) is 10.1. The van der Waals surface area contributed by atoms with Crippen LogP contribution in [0.3, 0.4) is 0 Å². The SMILES string of the molecule is c1ccc(-c2nc(-c3ccc(-c4ccncc4)cc3)cc(-c3ccc(-c4ccc5c(c4)C4c6ccccc6C5c5cc(-c6nc(-c7ccccc7)nc(-c7ccccc7)n6)ccc54)cc3)n2)cc1. The molecule has 0 aliphatic heterocycles. The number of nitrogens with zero attached hydrogens (tertiary/aromatic N) is 6. The topological polar surface area (TPSA) is 77.3 Å². The summed E-state index contributed by atoms with van der Waals surface area (Å²) in [5.41, 5.74) is 20.4. The first-order chi connectivity index (χ1) is 33.7. The molecule has 2 bridgehead atoms. The second-order valence-corrected chi connectivity index (χ2v) is 17.4. The molecule has 3 heterocycles. The normalized spacial score (nSPS) is 14.2. The first-order valence-corrected chi connectivity index (χ1v) is 23.0. The Morgan fingerprint density at radius 3 is 1.04 bits per heavy atom. The van der Waals surface area contributed by atoms with Gasteiger partial charge in [0.1, 0.15) is 0 Å². The number of rotatable bonds is 8. The molecule has 6 heteroatoms. The van der Waals surface area contributed by atoms with E-state index < -0.39 is 0 Å². The second kappa shape index (κ2) is 16.5. The molecule has 318 valence electrons. The fraction of sp³-hybridized carbons (Fsp3) is 0.0323. The Labute approximate surface area is 394 Å². The Hall–Kier alpha value is -9.00. The van der Waals surface area contributed by atoms with E-state index in [-0.39, 0.29) is 11.8 Å². The van der Waals surface area contributed by atoms with Crippen molar-refractivity contribution in [2.45, 2.75) is 11.8 Å². The molecule has 2 unspecified atom stereocenters. The predicted molar refractivity (Wildman–Crippen MR) is 271 cm³/mol. The van der Waals surface area contributed by atoms with Gasteiger partial charge in [0, 0.05) is 57.6 Å². The van der Waals surface area contributed by atoms with Crippen LogP contribution in [-0.4, -0.2) is 29.9 Å². The summed E-state index contributed by atoms with van der Waals surface area (Å²) in [6.07, 6.45) is 3.65. The quantitative estimate of drug-likeness (QED) is 0.151. The Morgan fingerprint density at radius 1 is 0.221 bits per heavy atom. The first kappa shape index (κ1) is 39.4. The minimum atomic E-state index is 0.0826. The molecule has 0 saturated carbocycles. The van der Waals surface area contributed by atoms with Crippen LogP contribution in [-0.2, 0) is 0 Å². The summed E-state index contributed by atoms with van der Waals surface area (Å²) in [5.74, 6) is 2.86. The molecule has 0 spiro atoms. The lowest BCUT2D eigenvalue weighted by atomic mass is 9.60. The number of hydrogen-bond acceptors (Lipinski definition) is 6. The Kier molecular flexibility index (Phi) is 9.53. The minimum Gasteiger partial charge on any atom is -0.265 e. The second-order valence-electron chi connectivity index (χ2n) is 17.4. The summed E-state index contributed by atoms with van der Waals surface area (Å²) in [5, 5.41) is 0. The fourth-order valence-electron chi connectivity index (χ4n) is 10.1. The lowest BCUT2D eigenvalue weighted by molar-refractivity contribution is 0.755. The van der Waals surface area contributed by atoms with E-state index in [0.717, 1.165) is 61.5 Å². The molecule has 3 aromatic heterocycles. The molecule has 0 fully saturated rings. The van der Waals surface area contributed by atoms with Gasteiger partial charge in [0.15, 0.2) is 23.3 Å². The molecule has 14 rings (SSSR count). The van der Waals surface area contributed by atoms with E-state index in [9.17, 15) is 0 Å². The van der Waals surface area contributed by atoms with Gasteiger partial charge in [0.25, 0.3) is 0 Å². The van der Waals surface area contributed by atoms with Gasteiger partial charge in [-0.2, -0.15) is 0 Å². The molecule has 11 aromatic rings.